The van der Waals surface area contributed by atoms with E-state index in [4.69, 9.17) is 0 Å². The van der Waals surface area contributed by atoms with Gasteiger partial charge >= 0.3 is 0 Å². The van der Waals surface area contributed by atoms with Crippen LogP contribution >= 0.6 is 11.3 Å². The maximum absolute atomic E-state index is 4.68. The molecule has 2 N–H and O–H groups in total. The van der Waals surface area contributed by atoms with E-state index >= 15 is 0 Å². The Hall–Kier alpha value is -1.85. The molecule has 4 nitrogen and oxygen atoms in total. The summed E-state index contributed by atoms with van der Waals surface area (Å²) in [4.78, 5) is 8.25. The Kier molecular flexibility index (Phi) is 7.79. The van der Waals surface area contributed by atoms with Gasteiger partial charge in [0, 0.05) is 24.5 Å². The molecule has 0 radical (unpaired) electrons. The van der Waals surface area contributed by atoms with Crippen LogP contribution in [-0.2, 0) is 19.5 Å². The lowest BCUT2D eigenvalue weighted by atomic mass is 10.1. The number of nitrogens with one attached hydrogen (secondary N) is 2. The topological polar surface area (TPSA) is 39.7 Å². The summed E-state index contributed by atoms with van der Waals surface area (Å²) >= 11 is 1.80. The Labute approximate surface area is 149 Å². The number of rotatable bonds is 8. The molecule has 0 fully saturated rings. The fourth-order valence-corrected chi connectivity index (χ4v) is 3.10. The molecule has 0 spiro atoms. The molecule has 1 aromatic carbocycles. The Bertz CT molecular complexity index is 603. The number of benzene rings is 1. The summed E-state index contributed by atoms with van der Waals surface area (Å²) in [5.41, 5.74) is 2.56. The zero-order valence-electron chi connectivity index (χ0n) is 14.9. The highest BCUT2D eigenvalue weighted by Gasteiger charge is 2.00. The van der Waals surface area contributed by atoms with E-state index in [0.29, 0.717) is 6.54 Å². The fourth-order valence-electron chi connectivity index (χ4n) is 2.39. The van der Waals surface area contributed by atoms with Crippen molar-refractivity contribution >= 4 is 17.3 Å². The zero-order valence-corrected chi connectivity index (χ0v) is 15.7. The van der Waals surface area contributed by atoms with Crippen LogP contribution in [0.4, 0.5) is 0 Å². The Morgan fingerprint density at radius 3 is 2.46 bits per heavy atom. The molecule has 0 aliphatic heterocycles. The average molecular weight is 345 g/mol. The number of thiophene rings is 1. The number of hydrogen-bond acceptors (Lipinski definition) is 3. The predicted molar refractivity (Wildman–Crippen MR) is 105 cm³/mol. The first-order valence-electron chi connectivity index (χ1n) is 8.44. The van der Waals surface area contributed by atoms with Gasteiger partial charge in [-0.05, 0) is 50.0 Å². The highest BCUT2D eigenvalue weighted by Crippen LogP contribution is 2.08. The molecule has 24 heavy (non-hydrogen) atoms. The van der Waals surface area contributed by atoms with Gasteiger partial charge in [-0.2, -0.15) is 0 Å². The molecule has 0 amide bonds. The maximum atomic E-state index is 4.68. The number of hydrogen-bond donors (Lipinski definition) is 2. The first-order chi connectivity index (χ1) is 11.7. The molecular weight excluding hydrogens is 316 g/mol. The van der Waals surface area contributed by atoms with Gasteiger partial charge in [0.2, 0.25) is 0 Å². The van der Waals surface area contributed by atoms with Crippen molar-refractivity contribution in [2.75, 3.05) is 27.2 Å². The van der Waals surface area contributed by atoms with Gasteiger partial charge in [0.25, 0.3) is 0 Å². The van der Waals surface area contributed by atoms with Crippen LogP contribution in [0.5, 0.6) is 0 Å². The lowest BCUT2D eigenvalue weighted by molar-refractivity contribution is 0.402. The van der Waals surface area contributed by atoms with Crippen molar-refractivity contribution in [2.24, 2.45) is 4.99 Å². The molecular formula is C19H28N4S. The fraction of sp³-hybridized carbons (Fsp3) is 0.421. The highest BCUT2D eigenvalue weighted by atomic mass is 32.1. The van der Waals surface area contributed by atoms with Crippen molar-refractivity contribution in [3.63, 3.8) is 0 Å². The second-order valence-electron chi connectivity index (χ2n) is 6.01. The van der Waals surface area contributed by atoms with E-state index in [-0.39, 0.29) is 0 Å². The molecule has 130 valence electrons. The quantitative estimate of drug-likeness (QED) is 0.571. The van der Waals surface area contributed by atoms with Crippen molar-refractivity contribution in [2.45, 2.75) is 26.4 Å². The van der Waals surface area contributed by atoms with Crippen molar-refractivity contribution in [1.29, 1.82) is 0 Å². The van der Waals surface area contributed by atoms with E-state index in [1.165, 1.54) is 16.0 Å². The lowest BCUT2D eigenvalue weighted by Crippen LogP contribution is -2.38. The van der Waals surface area contributed by atoms with E-state index in [1.807, 2.05) is 0 Å². The summed E-state index contributed by atoms with van der Waals surface area (Å²) in [7, 11) is 4.17. The van der Waals surface area contributed by atoms with Crippen LogP contribution in [0.3, 0.4) is 0 Å². The van der Waals surface area contributed by atoms with Crippen LogP contribution in [0.25, 0.3) is 0 Å². The normalized spacial score (nSPS) is 11.8. The third kappa shape index (κ3) is 6.72. The first-order valence-corrected chi connectivity index (χ1v) is 9.32. The summed E-state index contributed by atoms with van der Waals surface area (Å²) in [6.07, 6.45) is 1.03. The van der Waals surface area contributed by atoms with Crippen LogP contribution in [0, 0.1) is 0 Å². The van der Waals surface area contributed by atoms with Gasteiger partial charge in [-0.15, -0.1) is 11.3 Å². The Morgan fingerprint density at radius 2 is 1.83 bits per heavy atom. The molecule has 0 saturated carbocycles. The van der Waals surface area contributed by atoms with Crippen LogP contribution in [0.15, 0.2) is 46.8 Å². The molecule has 5 heteroatoms. The smallest absolute Gasteiger partial charge is 0.191 e. The molecule has 2 aromatic rings. The zero-order chi connectivity index (χ0) is 17.2. The van der Waals surface area contributed by atoms with Gasteiger partial charge in [-0.1, -0.05) is 30.3 Å². The second kappa shape index (κ2) is 10.1. The molecule has 0 bridgehead atoms. The van der Waals surface area contributed by atoms with Gasteiger partial charge in [-0.25, -0.2) is 4.99 Å². The average Bonchev–Trinajstić information content (AvgIpc) is 3.07. The third-order valence-electron chi connectivity index (χ3n) is 3.53. The van der Waals surface area contributed by atoms with Gasteiger partial charge < -0.3 is 15.5 Å². The van der Waals surface area contributed by atoms with E-state index in [1.54, 1.807) is 11.3 Å². The summed E-state index contributed by atoms with van der Waals surface area (Å²) in [6.45, 7) is 5.51. The molecule has 0 saturated heterocycles. The van der Waals surface area contributed by atoms with Crippen molar-refractivity contribution in [3.8, 4) is 0 Å². The molecule has 0 aliphatic rings. The maximum Gasteiger partial charge on any atom is 0.191 e. The van der Waals surface area contributed by atoms with E-state index in [9.17, 15) is 0 Å². The number of guanidine groups is 1. The molecule has 1 heterocycles. The van der Waals surface area contributed by atoms with Gasteiger partial charge in [-0.3, -0.25) is 0 Å². The summed E-state index contributed by atoms with van der Waals surface area (Å²) in [5.74, 6) is 0.881. The minimum atomic E-state index is 0.691. The van der Waals surface area contributed by atoms with Crippen molar-refractivity contribution < 1.29 is 0 Å². The van der Waals surface area contributed by atoms with E-state index in [0.717, 1.165) is 32.0 Å². The standard InChI is InChI=1S/C19H28N4S/c1-4-20-19(21-12-11-18-6-5-13-24-18)22-14-16-7-9-17(10-8-16)15-23(2)3/h5-10,13H,4,11-12,14-15H2,1-3H3,(H2,20,21,22). The highest BCUT2D eigenvalue weighted by molar-refractivity contribution is 7.09. The third-order valence-corrected chi connectivity index (χ3v) is 4.47. The summed E-state index contributed by atoms with van der Waals surface area (Å²) in [5, 5.41) is 8.83. The van der Waals surface area contributed by atoms with Crippen LogP contribution in [0.2, 0.25) is 0 Å². The summed E-state index contributed by atoms with van der Waals surface area (Å²) in [6, 6.07) is 13.0. The Balaban J connectivity index is 1.85. The minimum absolute atomic E-state index is 0.691. The Morgan fingerprint density at radius 1 is 1.08 bits per heavy atom. The molecule has 0 atom stereocenters. The van der Waals surface area contributed by atoms with Crippen LogP contribution in [-0.4, -0.2) is 38.0 Å². The second-order valence-corrected chi connectivity index (χ2v) is 7.04. The number of aliphatic imine (C=N–C) groups is 1. The van der Waals surface area contributed by atoms with Gasteiger partial charge in [0.05, 0.1) is 6.54 Å². The van der Waals surface area contributed by atoms with Crippen LogP contribution < -0.4 is 10.6 Å². The van der Waals surface area contributed by atoms with Gasteiger partial charge in [0.15, 0.2) is 5.96 Å². The number of nitrogens with zero attached hydrogens (tertiary/aromatic N) is 2. The molecule has 0 unspecified atom stereocenters. The van der Waals surface area contributed by atoms with Crippen molar-refractivity contribution in [3.05, 3.63) is 57.8 Å². The monoisotopic (exact) mass is 344 g/mol. The first kappa shape index (κ1) is 18.5. The largest absolute Gasteiger partial charge is 0.357 e. The predicted octanol–water partition coefficient (Wildman–Crippen LogP) is 3.11. The molecule has 0 aliphatic carbocycles. The minimum Gasteiger partial charge on any atom is -0.357 e. The van der Waals surface area contributed by atoms with E-state index < -0.39 is 0 Å². The van der Waals surface area contributed by atoms with Crippen LogP contribution in [0.1, 0.15) is 22.9 Å². The van der Waals surface area contributed by atoms with Gasteiger partial charge in [0.1, 0.15) is 0 Å². The SMILES string of the molecule is CCNC(=NCc1ccc(CN(C)C)cc1)NCCc1cccs1. The molecule has 1 aromatic heterocycles. The molecule has 2 rings (SSSR count). The van der Waals surface area contributed by atoms with E-state index in [2.05, 4.69) is 83.3 Å². The summed E-state index contributed by atoms with van der Waals surface area (Å²) < 4.78 is 0. The van der Waals surface area contributed by atoms with Crippen molar-refractivity contribution in [1.82, 2.24) is 15.5 Å². The lowest BCUT2D eigenvalue weighted by Gasteiger charge is -2.11.